The van der Waals surface area contributed by atoms with E-state index < -0.39 is 15.3 Å². The molecule has 0 aliphatic heterocycles. The molecular weight excluding hydrogens is 240 g/mol. The highest BCUT2D eigenvalue weighted by molar-refractivity contribution is 7.93. The van der Waals surface area contributed by atoms with Gasteiger partial charge in [0.05, 0.1) is 18.0 Å². The summed E-state index contributed by atoms with van der Waals surface area (Å²) < 4.78 is 31.2. The van der Waals surface area contributed by atoms with Crippen LogP contribution in [0, 0.1) is 6.92 Å². The Morgan fingerprint density at radius 1 is 1.47 bits per heavy atom. The summed E-state index contributed by atoms with van der Waals surface area (Å²) in [7, 11) is -1.86. The van der Waals surface area contributed by atoms with E-state index in [1.54, 1.807) is 32.2 Å². The van der Waals surface area contributed by atoms with E-state index in [0.717, 1.165) is 5.56 Å². The third kappa shape index (κ3) is 3.34. The summed E-state index contributed by atoms with van der Waals surface area (Å²) in [6.45, 7) is 3.47. The maximum atomic E-state index is 11.8. The summed E-state index contributed by atoms with van der Waals surface area (Å²) in [6.07, 6.45) is 0. The zero-order chi connectivity index (χ0) is 13.1. The molecule has 96 valence electrons. The Hall–Kier alpha value is -1.27. The minimum absolute atomic E-state index is 0.0878. The lowest BCUT2D eigenvalue weighted by Crippen LogP contribution is -2.31. The molecule has 3 N–H and O–H groups in total. The fourth-order valence-corrected chi connectivity index (χ4v) is 2.25. The van der Waals surface area contributed by atoms with Crippen molar-refractivity contribution in [2.24, 2.45) is 5.73 Å². The van der Waals surface area contributed by atoms with Gasteiger partial charge in [-0.25, -0.2) is 8.42 Å². The normalized spacial score (nSPS) is 13.2. The standard InChI is InChI=1S/C11H18N2O3S/c1-8-6-10(16-3)4-5-11(8)13-17(14,15)9(2)7-12/h4-6,9,13H,7,12H2,1-3H3. The van der Waals surface area contributed by atoms with Crippen molar-refractivity contribution in [2.75, 3.05) is 18.4 Å². The molecule has 5 nitrogen and oxygen atoms in total. The van der Waals surface area contributed by atoms with E-state index in [1.807, 2.05) is 6.92 Å². The van der Waals surface area contributed by atoms with E-state index in [9.17, 15) is 8.42 Å². The molecule has 0 amide bonds. The Bertz CT molecular complexity index is 485. The molecule has 1 unspecified atom stereocenters. The summed E-state index contributed by atoms with van der Waals surface area (Å²) >= 11 is 0. The van der Waals surface area contributed by atoms with Crippen molar-refractivity contribution in [3.8, 4) is 5.75 Å². The van der Waals surface area contributed by atoms with Crippen LogP contribution in [0.1, 0.15) is 12.5 Å². The molecule has 1 rings (SSSR count). The van der Waals surface area contributed by atoms with Gasteiger partial charge in [0, 0.05) is 6.54 Å². The minimum atomic E-state index is -3.42. The molecule has 6 heteroatoms. The van der Waals surface area contributed by atoms with Crippen LogP contribution in [-0.2, 0) is 10.0 Å². The zero-order valence-electron chi connectivity index (χ0n) is 10.2. The number of nitrogens with one attached hydrogen (secondary N) is 1. The van der Waals surface area contributed by atoms with Gasteiger partial charge in [0.1, 0.15) is 5.75 Å². The highest BCUT2D eigenvalue weighted by Gasteiger charge is 2.19. The predicted octanol–water partition coefficient (Wildman–Crippen LogP) is 1.09. The molecule has 0 spiro atoms. The Morgan fingerprint density at radius 2 is 2.12 bits per heavy atom. The van der Waals surface area contributed by atoms with Crippen molar-refractivity contribution in [3.05, 3.63) is 23.8 Å². The van der Waals surface area contributed by atoms with Crippen LogP contribution in [0.25, 0.3) is 0 Å². The van der Waals surface area contributed by atoms with E-state index >= 15 is 0 Å². The topological polar surface area (TPSA) is 81.4 Å². The van der Waals surface area contributed by atoms with Gasteiger partial charge in [0.15, 0.2) is 0 Å². The number of rotatable bonds is 5. The first kappa shape index (κ1) is 13.8. The molecule has 0 aromatic heterocycles. The molecule has 0 aliphatic rings. The Kier molecular flexibility index (Phi) is 4.36. The predicted molar refractivity (Wildman–Crippen MR) is 68.8 cm³/mol. The van der Waals surface area contributed by atoms with Crippen molar-refractivity contribution in [1.29, 1.82) is 0 Å². The van der Waals surface area contributed by atoms with E-state index in [-0.39, 0.29) is 6.54 Å². The van der Waals surface area contributed by atoms with Crippen LogP contribution in [0.3, 0.4) is 0 Å². The number of hydrogen-bond donors (Lipinski definition) is 2. The fourth-order valence-electron chi connectivity index (χ4n) is 1.26. The van der Waals surface area contributed by atoms with Crippen molar-refractivity contribution in [1.82, 2.24) is 0 Å². The monoisotopic (exact) mass is 258 g/mol. The summed E-state index contributed by atoms with van der Waals surface area (Å²) in [4.78, 5) is 0. The molecule has 0 radical (unpaired) electrons. The number of sulfonamides is 1. The maximum Gasteiger partial charge on any atom is 0.236 e. The van der Waals surface area contributed by atoms with Crippen molar-refractivity contribution >= 4 is 15.7 Å². The quantitative estimate of drug-likeness (QED) is 0.828. The average molecular weight is 258 g/mol. The van der Waals surface area contributed by atoms with Crippen LogP contribution in [0.5, 0.6) is 5.75 Å². The van der Waals surface area contributed by atoms with E-state index in [0.29, 0.717) is 11.4 Å². The molecule has 17 heavy (non-hydrogen) atoms. The smallest absolute Gasteiger partial charge is 0.236 e. The van der Waals surface area contributed by atoms with Crippen LogP contribution in [0.4, 0.5) is 5.69 Å². The van der Waals surface area contributed by atoms with Crippen molar-refractivity contribution in [3.63, 3.8) is 0 Å². The lowest BCUT2D eigenvalue weighted by Gasteiger charge is -2.15. The average Bonchev–Trinajstić information content (AvgIpc) is 2.30. The number of ether oxygens (including phenoxy) is 1. The number of benzene rings is 1. The number of aryl methyl sites for hydroxylation is 1. The van der Waals surface area contributed by atoms with Crippen LogP contribution >= 0.6 is 0 Å². The van der Waals surface area contributed by atoms with Crippen LogP contribution in [0.15, 0.2) is 18.2 Å². The summed E-state index contributed by atoms with van der Waals surface area (Å²) in [6, 6.07) is 5.15. The van der Waals surface area contributed by atoms with Crippen molar-refractivity contribution < 1.29 is 13.2 Å². The first-order valence-electron chi connectivity index (χ1n) is 5.27. The summed E-state index contributed by atoms with van der Waals surface area (Å²) in [5, 5.41) is -0.621. The molecule has 1 aromatic rings. The third-order valence-corrected chi connectivity index (χ3v) is 4.30. The van der Waals surface area contributed by atoms with Gasteiger partial charge in [-0.15, -0.1) is 0 Å². The van der Waals surface area contributed by atoms with Gasteiger partial charge in [0.25, 0.3) is 0 Å². The van der Waals surface area contributed by atoms with Gasteiger partial charge in [-0.2, -0.15) is 0 Å². The third-order valence-electron chi connectivity index (χ3n) is 2.55. The molecule has 0 saturated carbocycles. The second kappa shape index (κ2) is 5.37. The number of hydrogen-bond acceptors (Lipinski definition) is 4. The highest BCUT2D eigenvalue weighted by atomic mass is 32.2. The van der Waals surface area contributed by atoms with E-state index in [4.69, 9.17) is 10.5 Å². The van der Waals surface area contributed by atoms with E-state index in [2.05, 4.69) is 4.72 Å². The number of anilines is 1. The number of methoxy groups -OCH3 is 1. The first-order valence-corrected chi connectivity index (χ1v) is 6.81. The molecular formula is C11H18N2O3S. The summed E-state index contributed by atoms with van der Waals surface area (Å²) in [5.41, 5.74) is 6.71. The Morgan fingerprint density at radius 3 is 2.59 bits per heavy atom. The van der Waals surface area contributed by atoms with Crippen LogP contribution in [-0.4, -0.2) is 27.3 Å². The number of nitrogens with two attached hydrogens (primary N) is 1. The maximum absolute atomic E-state index is 11.8. The van der Waals surface area contributed by atoms with Crippen LogP contribution in [0.2, 0.25) is 0 Å². The first-order chi connectivity index (χ1) is 7.90. The Labute approximate surface area is 102 Å². The highest BCUT2D eigenvalue weighted by Crippen LogP contribution is 2.22. The van der Waals surface area contributed by atoms with Gasteiger partial charge in [-0.05, 0) is 37.6 Å². The van der Waals surface area contributed by atoms with Crippen molar-refractivity contribution in [2.45, 2.75) is 19.1 Å². The zero-order valence-corrected chi connectivity index (χ0v) is 11.0. The fraction of sp³-hybridized carbons (Fsp3) is 0.455. The molecule has 0 heterocycles. The largest absolute Gasteiger partial charge is 0.497 e. The molecule has 0 bridgehead atoms. The second-order valence-corrected chi connectivity index (χ2v) is 5.97. The molecule has 0 aliphatic carbocycles. The van der Waals surface area contributed by atoms with Gasteiger partial charge in [-0.1, -0.05) is 0 Å². The minimum Gasteiger partial charge on any atom is -0.497 e. The van der Waals surface area contributed by atoms with Gasteiger partial charge >= 0.3 is 0 Å². The summed E-state index contributed by atoms with van der Waals surface area (Å²) in [5.74, 6) is 0.692. The Balaban J connectivity index is 2.96. The molecule has 0 fully saturated rings. The van der Waals surface area contributed by atoms with E-state index in [1.165, 1.54) is 0 Å². The molecule has 1 atom stereocenters. The lowest BCUT2D eigenvalue weighted by molar-refractivity contribution is 0.414. The molecule has 0 saturated heterocycles. The van der Waals surface area contributed by atoms with Gasteiger partial charge in [-0.3, -0.25) is 4.72 Å². The van der Waals surface area contributed by atoms with Gasteiger partial charge in [0.2, 0.25) is 10.0 Å². The molecule has 1 aromatic carbocycles. The van der Waals surface area contributed by atoms with Crippen LogP contribution < -0.4 is 15.2 Å². The second-order valence-electron chi connectivity index (χ2n) is 3.87. The lowest BCUT2D eigenvalue weighted by atomic mass is 10.2. The SMILES string of the molecule is COc1ccc(NS(=O)(=O)C(C)CN)c(C)c1. The van der Waals surface area contributed by atoms with Gasteiger partial charge < -0.3 is 10.5 Å².